The largest absolute Gasteiger partial charge is 0.398 e. The summed E-state index contributed by atoms with van der Waals surface area (Å²) in [6.07, 6.45) is 4.80. The van der Waals surface area contributed by atoms with Gasteiger partial charge < -0.3 is 11.1 Å². The van der Waals surface area contributed by atoms with Crippen molar-refractivity contribution in [3.05, 3.63) is 71.2 Å². The van der Waals surface area contributed by atoms with Gasteiger partial charge in [-0.3, -0.25) is 15.4 Å². The van der Waals surface area contributed by atoms with Crippen LogP contribution in [-0.4, -0.2) is 26.5 Å². The van der Waals surface area contributed by atoms with Gasteiger partial charge in [-0.25, -0.2) is 9.78 Å². The van der Waals surface area contributed by atoms with Crippen LogP contribution in [0.25, 0.3) is 0 Å². The molecule has 1 aromatic carbocycles. The maximum absolute atomic E-state index is 12.3. The van der Waals surface area contributed by atoms with E-state index in [0.717, 1.165) is 11.1 Å². The Bertz CT molecular complexity index is 1010. The van der Waals surface area contributed by atoms with Crippen LogP contribution in [0.1, 0.15) is 35.2 Å². The number of amides is 2. The zero-order valence-corrected chi connectivity index (χ0v) is 16.0. The minimum Gasteiger partial charge on any atom is -0.398 e. The highest BCUT2D eigenvalue weighted by molar-refractivity contribution is 6.13. The number of benzene rings is 1. The number of anilines is 2. The molecule has 2 heterocycles. The van der Waals surface area contributed by atoms with Crippen LogP contribution < -0.4 is 16.4 Å². The van der Waals surface area contributed by atoms with Crippen LogP contribution in [0.15, 0.2) is 48.9 Å². The fraction of sp³-hybridized carbons (Fsp3) is 0.200. The summed E-state index contributed by atoms with van der Waals surface area (Å²) in [4.78, 5) is 16.5. The molecule has 144 valence electrons. The first kappa shape index (κ1) is 19.1. The van der Waals surface area contributed by atoms with Crippen LogP contribution in [0, 0.1) is 12.3 Å². The van der Waals surface area contributed by atoms with Crippen molar-refractivity contribution in [3.63, 3.8) is 0 Å². The van der Waals surface area contributed by atoms with Crippen LogP contribution in [0.2, 0.25) is 0 Å². The number of hydrogen-bond donors (Lipinski definition) is 4. The maximum Gasteiger partial charge on any atom is 0.320 e. The Morgan fingerprint density at radius 3 is 2.57 bits per heavy atom. The Kier molecular flexibility index (Phi) is 5.39. The molecule has 5 N–H and O–H groups in total. The van der Waals surface area contributed by atoms with Crippen LogP contribution in [0.4, 0.5) is 16.3 Å². The first-order valence-electron chi connectivity index (χ1n) is 8.81. The molecule has 8 heteroatoms. The Morgan fingerprint density at radius 1 is 1.25 bits per heavy atom. The van der Waals surface area contributed by atoms with Crippen LogP contribution in [0.3, 0.4) is 0 Å². The van der Waals surface area contributed by atoms with Gasteiger partial charge in [0.15, 0.2) is 0 Å². The highest BCUT2D eigenvalue weighted by Crippen LogP contribution is 2.19. The van der Waals surface area contributed by atoms with Gasteiger partial charge in [-0.2, -0.15) is 5.10 Å². The van der Waals surface area contributed by atoms with Gasteiger partial charge >= 0.3 is 6.03 Å². The monoisotopic (exact) mass is 377 g/mol. The third-order valence-electron chi connectivity index (χ3n) is 4.37. The Hall–Kier alpha value is -3.68. The number of rotatable bonds is 5. The molecular formula is C20H23N7O. The van der Waals surface area contributed by atoms with E-state index in [2.05, 4.69) is 20.7 Å². The van der Waals surface area contributed by atoms with Crippen molar-refractivity contribution in [2.45, 2.75) is 19.9 Å². The summed E-state index contributed by atoms with van der Waals surface area (Å²) in [5.74, 6) is 0.314. The van der Waals surface area contributed by atoms with Crippen molar-refractivity contribution in [2.75, 3.05) is 11.1 Å². The summed E-state index contributed by atoms with van der Waals surface area (Å²) in [5, 5.41) is 17.9. The molecular weight excluding hydrogens is 354 g/mol. The molecule has 2 amide bonds. The Morgan fingerprint density at radius 2 is 1.96 bits per heavy atom. The molecule has 0 fully saturated rings. The molecule has 1 atom stereocenters. The number of aromatic nitrogens is 3. The molecule has 3 aromatic rings. The first-order valence-corrected chi connectivity index (χ1v) is 8.81. The summed E-state index contributed by atoms with van der Waals surface area (Å²) in [6.45, 7) is 3.92. The van der Waals surface area contributed by atoms with Crippen molar-refractivity contribution in [3.8, 4) is 0 Å². The number of pyridine rings is 1. The van der Waals surface area contributed by atoms with Gasteiger partial charge in [-0.15, -0.1) is 0 Å². The van der Waals surface area contributed by atoms with E-state index in [1.807, 2.05) is 38.1 Å². The molecule has 0 aliphatic carbocycles. The molecule has 0 saturated carbocycles. The number of nitrogens with zero attached hydrogens (tertiary/aromatic N) is 3. The van der Waals surface area contributed by atoms with Gasteiger partial charge in [-0.1, -0.05) is 29.8 Å². The summed E-state index contributed by atoms with van der Waals surface area (Å²) < 4.78 is 1.61. The minimum absolute atomic E-state index is 0.157. The van der Waals surface area contributed by atoms with Crippen LogP contribution in [-0.2, 0) is 7.05 Å². The summed E-state index contributed by atoms with van der Waals surface area (Å²) in [7, 11) is 1.78. The van der Waals surface area contributed by atoms with E-state index in [1.165, 1.54) is 12.3 Å². The molecule has 0 aliphatic heterocycles. The summed E-state index contributed by atoms with van der Waals surface area (Å²) in [6, 6.07) is 8.97. The number of nitrogen functional groups attached to an aromatic ring is 1. The van der Waals surface area contributed by atoms with Gasteiger partial charge in [0.25, 0.3) is 0 Å². The van der Waals surface area contributed by atoms with E-state index in [9.17, 15) is 4.79 Å². The second kappa shape index (κ2) is 7.91. The normalized spacial score (nSPS) is 11.7. The predicted molar refractivity (Wildman–Crippen MR) is 110 cm³/mol. The SMILES string of the molecule is Cc1ccc(C(C)NC(=O)Nc2cc(N)c(C(=N)c3cnn(C)c3)cn2)cc1. The lowest BCUT2D eigenvalue weighted by Crippen LogP contribution is -2.31. The van der Waals surface area contributed by atoms with Crippen LogP contribution >= 0.6 is 0 Å². The average molecular weight is 377 g/mol. The molecule has 28 heavy (non-hydrogen) atoms. The Balaban J connectivity index is 1.66. The highest BCUT2D eigenvalue weighted by Gasteiger charge is 2.14. The van der Waals surface area contributed by atoms with Crippen molar-refractivity contribution < 1.29 is 4.79 Å². The van der Waals surface area contributed by atoms with Crippen molar-refractivity contribution >= 4 is 23.2 Å². The van der Waals surface area contributed by atoms with E-state index in [4.69, 9.17) is 11.1 Å². The van der Waals surface area contributed by atoms with E-state index in [0.29, 0.717) is 22.6 Å². The molecule has 0 saturated heterocycles. The van der Waals surface area contributed by atoms with E-state index in [-0.39, 0.29) is 17.8 Å². The number of urea groups is 1. The lowest BCUT2D eigenvalue weighted by molar-refractivity contribution is 0.249. The number of hydrogen-bond acceptors (Lipinski definition) is 5. The van der Waals surface area contributed by atoms with E-state index >= 15 is 0 Å². The molecule has 2 aromatic heterocycles. The van der Waals surface area contributed by atoms with Gasteiger partial charge in [0.1, 0.15) is 5.82 Å². The fourth-order valence-corrected chi connectivity index (χ4v) is 2.74. The van der Waals surface area contributed by atoms with E-state index in [1.54, 1.807) is 24.1 Å². The number of aryl methyl sites for hydroxylation is 2. The lowest BCUT2D eigenvalue weighted by Gasteiger charge is -2.15. The van der Waals surface area contributed by atoms with Crippen molar-refractivity contribution in [1.82, 2.24) is 20.1 Å². The zero-order chi connectivity index (χ0) is 20.3. The maximum atomic E-state index is 12.3. The molecule has 1 unspecified atom stereocenters. The minimum atomic E-state index is -0.380. The quantitative estimate of drug-likeness (QED) is 0.511. The van der Waals surface area contributed by atoms with Gasteiger partial charge in [-0.05, 0) is 19.4 Å². The Labute approximate surface area is 163 Å². The standard InChI is InChI=1S/C20H23N7O/c1-12-4-6-14(7-5-12)13(2)25-20(28)26-18-8-17(21)16(10-23-18)19(22)15-9-24-27(3)11-15/h4-11,13,22H,1-3H3,(H4,21,23,25,26,28). The highest BCUT2D eigenvalue weighted by atomic mass is 16.2. The average Bonchev–Trinajstić information content (AvgIpc) is 3.08. The van der Waals surface area contributed by atoms with Gasteiger partial charge in [0, 0.05) is 42.3 Å². The molecule has 0 aliphatic rings. The predicted octanol–water partition coefficient (Wildman–Crippen LogP) is 3.00. The van der Waals surface area contributed by atoms with Gasteiger partial charge in [0.2, 0.25) is 0 Å². The molecule has 0 radical (unpaired) electrons. The third kappa shape index (κ3) is 4.35. The number of carbonyl (C=O) groups is 1. The van der Waals surface area contributed by atoms with Crippen molar-refractivity contribution in [1.29, 1.82) is 5.41 Å². The number of nitrogens with two attached hydrogens (primary N) is 1. The van der Waals surface area contributed by atoms with Gasteiger partial charge in [0.05, 0.1) is 18.0 Å². The molecule has 0 bridgehead atoms. The van der Waals surface area contributed by atoms with Crippen molar-refractivity contribution in [2.24, 2.45) is 7.05 Å². The number of carbonyl (C=O) groups excluding carboxylic acids is 1. The fourth-order valence-electron chi connectivity index (χ4n) is 2.74. The third-order valence-corrected chi connectivity index (χ3v) is 4.37. The molecule has 3 rings (SSSR count). The molecule has 0 spiro atoms. The number of nitrogens with one attached hydrogen (secondary N) is 3. The lowest BCUT2D eigenvalue weighted by atomic mass is 10.1. The molecule has 8 nitrogen and oxygen atoms in total. The first-order chi connectivity index (χ1) is 13.3. The van der Waals surface area contributed by atoms with E-state index < -0.39 is 0 Å². The van der Waals surface area contributed by atoms with Crippen LogP contribution in [0.5, 0.6) is 0 Å². The topological polar surface area (TPSA) is 122 Å². The second-order valence-corrected chi connectivity index (χ2v) is 6.67. The summed E-state index contributed by atoms with van der Waals surface area (Å²) >= 11 is 0. The summed E-state index contributed by atoms with van der Waals surface area (Å²) in [5.41, 5.74) is 9.94. The smallest absolute Gasteiger partial charge is 0.320 e. The zero-order valence-electron chi connectivity index (χ0n) is 16.0. The second-order valence-electron chi connectivity index (χ2n) is 6.67.